The van der Waals surface area contributed by atoms with E-state index in [0.717, 1.165) is 12.3 Å². The highest BCUT2D eigenvalue weighted by molar-refractivity contribution is 6.43. The number of aliphatic imine (C=N–C) groups is 1. The van der Waals surface area contributed by atoms with E-state index >= 15 is 0 Å². The number of amides is 1. The van der Waals surface area contributed by atoms with Gasteiger partial charge in [0.05, 0.1) is 34.7 Å². The monoisotopic (exact) mass is 577 g/mol. The number of hydrogen-bond donors (Lipinski definition) is 1. The van der Waals surface area contributed by atoms with E-state index < -0.39 is 17.9 Å². The number of carbonyl (C=O) groups is 2. The van der Waals surface area contributed by atoms with Gasteiger partial charge in [-0.25, -0.2) is 9.37 Å². The Hall–Kier alpha value is -3.04. The lowest BCUT2D eigenvalue weighted by Gasteiger charge is -2.16. The minimum atomic E-state index is -1.33. The normalized spacial score (nSPS) is 15.1. The second-order valence-corrected chi connectivity index (χ2v) is 9.92. The summed E-state index contributed by atoms with van der Waals surface area (Å²) in [5.41, 5.74) is 1.79. The number of ether oxygens (including phenoxy) is 2. The number of rotatable bonds is 8. The lowest BCUT2D eigenvalue weighted by atomic mass is 9.96. The molecule has 0 saturated carbocycles. The van der Waals surface area contributed by atoms with E-state index in [1.807, 2.05) is 13.8 Å². The summed E-state index contributed by atoms with van der Waals surface area (Å²) in [6.07, 6.45) is -0.423. The first-order valence-corrected chi connectivity index (χ1v) is 12.8. The predicted molar refractivity (Wildman–Crippen MR) is 144 cm³/mol. The lowest BCUT2D eigenvalue weighted by molar-refractivity contribution is -0.120. The Balaban J connectivity index is 1.69. The first kappa shape index (κ1) is 28.0. The number of nitrogens with one attached hydrogen (secondary N) is 1. The number of halogens is 4. The minimum absolute atomic E-state index is 0.0115. The van der Waals surface area contributed by atoms with Crippen molar-refractivity contribution in [3.05, 3.63) is 91.8 Å². The Morgan fingerprint density at radius 2 is 1.84 bits per heavy atom. The molecular formula is C27H23Cl3FN3O4. The van der Waals surface area contributed by atoms with Crippen LogP contribution in [0.3, 0.4) is 0 Å². The molecule has 0 radical (unpaired) electrons. The van der Waals surface area contributed by atoms with Crippen LogP contribution in [-0.2, 0) is 16.0 Å². The molecular weight excluding hydrogens is 556 g/mol. The van der Waals surface area contributed by atoms with Gasteiger partial charge in [0.2, 0.25) is 5.88 Å². The maximum absolute atomic E-state index is 14.0. The van der Waals surface area contributed by atoms with Gasteiger partial charge in [-0.1, -0.05) is 59.1 Å². The van der Waals surface area contributed by atoms with Crippen LogP contribution in [-0.4, -0.2) is 47.9 Å². The van der Waals surface area contributed by atoms with Crippen LogP contribution in [0.2, 0.25) is 15.1 Å². The number of benzene rings is 2. The zero-order valence-electron chi connectivity index (χ0n) is 20.4. The van der Waals surface area contributed by atoms with Gasteiger partial charge < -0.3 is 14.8 Å². The molecule has 3 aromatic rings. The van der Waals surface area contributed by atoms with Crippen LogP contribution in [0.15, 0.2) is 53.7 Å². The van der Waals surface area contributed by atoms with Gasteiger partial charge in [-0.3, -0.25) is 14.6 Å². The van der Waals surface area contributed by atoms with E-state index in [4.69, 9.17) is 44.3 Å². The molecule has 1 aromatic heterocycles. The molecule has 0 bridgehead atoms. The maximum atomic E-state index is 14.0. The molecule has 198 valence electrons. The highest BCUT2D eigenvalue weighted by Crippen LogP contribution is 2.33. The highest BCUT2D eigenvalue weighted by atomic mass is 35.5. The van der Waals surface area contributed by atoms with E-state index in [-0.39, 0.29) is 53.0 Å². The fourth-order valence-electron chi connectivity index (χ4n) is 3.87. The van der Waals surface area contributed by atoms with Gasteiger partial charge >= 0.3 is 0 Å². The number of ketones is 1. The third kappa shape index (κ3) is 6.50. The fraction of sp³-hybridized carbons (Fsp3) is 0.259. The first-order valence-electron chi connectivity index (χ1n) is 11.7. The largest absolute Gasteiger partial charge is 0.475 e. The summed E-state index contributed by atoms with van der Waals surface area (Å²) < 4.78 is 25.0. The number of pyridine rings is 1. The summed E-state index contributed by atoms with van der Waals surface area (Å²) in [6, 6.07) is 11.2. The highest BCUT2D eigenvalue weighted by Gasteiger charge is 2.30. The average Bonchev–Trinajstić information content (AvgIpc) is 2.98. The molecule has 1 N–H and O–H groups in total. The van der Waals surface area contributed by atoms with Crippen molar-refractivity contribution < 1.29 is 23.5 Å². The Labute approximate surface area is 233 Å². The number of carbonyl (C=O) groups excluding carboxylic acids is 2. The van der Waals surface area contributed by atoms with Crippen LogP contribution < -0.4 is 10.1 Å². The molecule has 1 unspecified atom stereocenters. The van der Waals surface area contributed by atoms with Crippen molar-refractivity contribution >= 4 is 52.2 Å². The molecule has 1 aliphatic heterocycles. The number of nitrogens with zero attached hydrogens (tertiary/aromatic N) is 2. The zero-order valence-corrected chi connectivity index (χ0v) is 22.7. The van der Waals surface area contributed by atoms with E-state index in [9.17, 15) is 14.0 Å². The van der Waals surface area contributed by atoms with E-state index in [1.54, 1.807) is 24.3 Å². The molecule has 1 amide bonds. The topological polar surface area (TPSA) is 89.9 Å². The summed E-state index contributed by atoms with van der Waals surface area (Å²) >= 11 is 19.1. The number of hydrogen-bond acceptors (Lipinski definition) is 6. The first-order chi connectivity index (χ1) is 18.1. The molecule has 4 rings (SSSR count). The summed E-state index contributed by atoms with van der Waals surface area (Å²) in [5, 5.41) is 3.36. The summed E-state index contributed by atoms with van der Waals surface area (Å²) in [5.74, 6) is -2.03. The van der Waals surface area contributed by atoms with Crippen LogP contribution in [0.4, 0.5) is 4.39 Å². The summed E-state index contributed by atoms with van der Waals surface area (Å²) in [6.45, 7) is 4.07. The van der Waals surface area contributed by atoms with E-state index in [1.165, 1.54) is 12.1 Å². The minimum Gasteiger partial charge on any atom is -0.475 e. The van der Waals surface area contributed by atoms with Crippen molar-refractivity contribution in [2.24, 2.45) is 4.99 Å². The van der Waals surface area contributed by atoms with Gasteiger partial charge in [0.15, 0.2) is 11.9 Å². The molecule has 38 heavy (non-hydrogen) atoms. The molecule has 0 fully saturated rings. The van der Waals surface area contributed by atoms with E-state index in [2.05, 4.69) is 15.3 Å². The number of aromatic nitrogens is 1. The molecule has 7 nitrogen and oxygen atoms in total. The standard InChI is InChI=1S/C27H23Cl3FN3O4/c1-14(2)37-7-8-38-27-19(12-17(31)13-32-27)26(36)34-25-22(35)9-15-5-3-4-6-18(15)24(33-25)23-20(29)10-16(28)11-21(23)30/h3-6,10-14,25H,7-9H2,1-2H3,(H,34,36). The van der Waals surface area contributed by atoms with Gasteiger partial charge in [-0.05, 0) is 37.6 Å². The van der Waals surface area contributed by atoms with Crippen molar-refractivity contribution in [3.8, 4) is 5.88 Å². The second-order valence-electron chi connectivity index (χ2n) is 8.67. The van der Waals surface area contributed by atoms with Gasteiger partial charge in [0, 0.05) is 22.6 Å². The molecule has 11 heteroatoms. The Bertz CT molecular complexity index is 1390. The van der Waals surface area contributed by atoms with Gasteiger partial charge in [-0.15, -0.1) is 0 Å². The van der Waals surface area contributed by atoms with Crippen molar-refractivity contribution in [3.63, 3.8) is 0 Å². The van der Waals surface area contributed by atoms with Crippen molar-refractivity contribution in [2.75, 3.05) is 13.2 Å². The molecule has 1 atom stereocenters. The molecule has 0 saturated heterocycles. The quantitative estimate of drug-likeness (QED) is 0.346. The van der Waals surface area contributed by atoms with Crippen LogP contribution in [0.25, 0.3) is 0 Å². The molecule has 0 spiro atoms. The number of Topliss-reactive ketones (excluding diaryl/α,β-unsaturated/α-hetero) is 1. The van der Waals surface area contributed by atoms with Crippen LogP contribution >= 0.6 is 34.8 Å². The second kappa shape index (κ2) is 12.2. The Morgan fingerprint density at radius 1 is 1.13 bits per heavy atom. The smallest absolute Gasteiger partial charge is 0.258 e. The van der Waals surface area contributed by atoms with Crippen molar-refractivity contribution in [2.45, 2.75) is 32.5 Å². The summed E-state index contributed by atoms with van der Waals surface area (Å²) in [4.78, 5) is 35.0. The number of fused-ring (bicyclic) bond motifs is 1. The Kier molecular flexibility index (Phi) is 8.99. The van der Waals surface area contributed by atoms with Gasteiger partial charge in [0.25, 0.3) is 5.91 Å². The van der Waals surface area contributed by atoms with Crippen LogP contribution in [0.1, 0.15) is 40.9 Å². The fourth-order valence-corrected chi connectivity index (χ4v) is 4.87. The van der Waals surface area contributed by atoms with Crippen LogP contribution in [0.5, 0.6) is 5.88 Å². The third-order valence-electron chi connectivity index (χ3n) is 5.55. The zero-order chi connectivity index (χ0) is 27.4. The molecule has 1 aliphatic rings. The molecule has 2 aromatic carbocycles. The van der Waals surface area contributed by atoms with Crippen molar-refractivity contribution in [1.29, 1.82) is 0 Å². The van der Waals surface area contributed by atoms with Crippen molar-refractivity contribution in [1.82, 2.24) is 10.3 Å². The SMILES string of the molecule is CC(C)OCCOc1ncc(F)cc1C(=O)NC1N=C(c2c(Cl)cc(Cl)cc2Cl)c2ccccc2CC1=O. The average molecular weight is 579 g/mol. The van der Waals surface area contributed by atoms with Crippen LogP contribution in [0, 0.1) is 5.82 Å². The molecule has 2 heterocycles. The Morgan fingerprint density at radius 3 is 2.55 bits per heavy atom. The lowest BCUT2D eigenvalue weighted by Crippen LogP contribution is -2.40. The van der Waals surface area contributed by atoms with E-state index in [0.29, 0.717) is 27.4 Å². The predicted octanol–water partition coefficient (Wildman–Crippen LogP) is 5.70. The maximum Gasteiger partial charge on any atom is 0.258 e. The summed E-state index contributed by atoms with van der Waals surface area (Å²) in [7, 11) is 0. The molecule has 0 aliphatic carbocycles. The third-order valence-corrected chi connectivity index (χ3v) is 6.36. The van der Waals surface area contributed by atoms with Gasteiger partial charge in [0.1, 0.15) is 18.0 Å². The van der Waals surface area contributed by atoms with Gasteiger partial charge in [-0.2, -0.15) is 0 Å².